The second-order valence-electron chi connectivity index (χ2n) is 7.30. The van der Waals surface area contributed by atoms with Gasteiger partial charge in [-0.05, 0) is 52.0 Å². The molecule has 0 radical (unpaired) electrons. The molecule has 0 aromatic carbocycles. The maximum absolute atomic E-state index is 13.0. The van der Waals surface area contributed by atoms with E-state index in [0.717, 1.165) is 36.1 Å². The summed E-state index contributed by atoms with van der Waals surface area (Å²) in [5.74, 6) is -0.302. The summed E-state index contributed by atoms with van der Waals surface area (Å²) in [5.41, 5.74) is 1.92. The van der Waals surface area contributed by atoms with Crippen LogP contribution in [0.5, 0.6) is 0 Å². The SMILES string of the molecule is CCOC(=O)c1c(NC(=O)[C@H](C)Sc2nnc3[nH]c(=O)cc(C)n23)sc2c1CCCC2. The molecule has 31 heavy (non-hydrogen) atoms. The number of nitrogens with one attached hydrogen (secondary N) is 2. The second kappa shape index (κ2) is 8.83. The van der Waals surface area contributed by atoms with Crippen molar-refractivity contribution in [2.75, 3.05) is 11.9 Å². The van der Waals surface area contributed by atoms with Gasteiger partial charge in [0.1, 0.15) is 5.00 Å². The zero-order valence-corrected chi connectivity index (χ0v) is 19.1. The molecule has 1 aliphatic rings. The van der Waals surface area contributed by atoms with Crippen LogP contribution in [0.25, 0.3) is 5.78 Å². The molecule has 3 heterocycles. The molecule has 4 rings (SSSR count). The summed E-state index contributed by atoms with van der Waals surface area (Å²) in [5, 5.41) is 11.6. The topological polar surface area (TPSA) is 118 Å². The van der Waals surface area contributed by atoms with E-state index < -0.39 is 5.25 Å². The lowest BCUT2D eigenvalue weighted by Crippen LogP contribution is -2.23. The Kier molecular flexibility index (Phi) is 6.15. The molecular weight excluding hydrogens is 438 g/mol. The number of hydrogen-bond acceptors (Lipinski definition) is 8. The summed E-state index contributed by atoms with van der Waals surface area (Å²) in [6, 6.07) is 1.45. The average Bonchev–Trinajstić information content (AvgIpc) is 3.28. The summed E-state index contributed by atoms with van der Waals surface area (Å²) < 4.78 is 6.95. The summed E-state index contributed by atoms with van der Waals surface area (Å²) in [6.45, 7) is 5.60. The van der Waals surface area contributed by atoms with Gasteiger partial charge in [0.15, 0.2) is 5.16 Å². The number of esters is 1. The highest BCUT2D eigenvalue weighted by molar-refractivity contribution is 8.00. The van der Waals surface area contributed by atoms with Gasteiger partial charge in [0.25, 0.3) is 5.56 Å². The molecule has 1 amide bonds. The molecule has 0 aliphatic heterocycles. The van der Waals surface area contributed by atoms with Crippen molar-refractivity contribution in [2.45, 2.75) is 56.9 Å². The second-order valence-corrected chi connectivity index (χ2v) is 9.71. The molecule has 11 heteroatoms. The van der Waals surface area contributed by atoms with E-state index >= 15 is 0 Å². The number of carbonyl (C=O) groups is 2. The lowest BCUT2D eigenvalue weighted by Gasteiger charge is -2.13. The van der Waals surface area contributed by atoms with E-state index in [1.54, 1.807) is 25.2 Å². The first-order chi connectivity index (χ1) is 14.9. The normalized spacial score (nSPS) is 14.3. The van der Waals surface area contributed by atoms with Crippen molar-refractivity contribution >= 4 is 45.8 Å². The van der Waals surface area contributed by atoms with Crippen LogP contribution in [0.15, 0.2) is 16.0 Å². The van der Waals surface area contributed by atoms with Crippen LogP contribution >= 0.6 is 23.1 Å². The predicted octanol–water partition coefficient (Wildman–Crippen LogP) is 2.96. The lowest BCUT2D eigenvalue weighted by molar-refractivity contribution is -0.115. The average molecular weight is 462 g/mol. The number of fused-ring (bicyclic) bond motifs is 2. The number of aromatic nitrogens is 4. The Bertz CT molecular complexity index is 1210. The van der Waals surface area contributed by atoms with E-state index in [0.29, 0.717) is 27.2 Å². The fourth-order valence-electron chi connectivity index (χ4n) is 3.64. The predicted molar refractivity (Wildman–Crippen MR) is 119 cm³/mol. The fraction of sp³-hybridized carbons (Fsp3) is 0.450. The van der Waals surface area contributed by atoms with Gasteiger partial charge < -0.3 is 10.1 Å². The Morgan fingerprint density at radius 2 is 2.13 bits per heavy atom. The van der Waals surface area contributed by atoms with E-state index in [1.165, 1.54) is 29.2 Å². The van der Waals surface area contributed by atoms with Crippen LogP contribution in [0, 0.1) is 6.92 Å². The number of thioether (sulfide) groups is 1. The highest BCUT2D eigenvalue weighted by atomic mass is 32.2. The van der Waals surface area contributed by atoms with Crippen molar-refractivity contribution < 1.29 is 14.3 Å². The highest BCUT2D eigenvalue weighted by Gasteiger charge is 2.28. The molecule has 1 aliphatic carbocycles. The minimum absolute atomic E-state index is 0.243. The quantitative estimate of drug-likeness (QED) is 0.428. The summed E-state index contributed by atoms with van der Waals surface area (Å²) in [7, 11) is 0. The van der Waals surface area contributed by atoms with Crippen LogP contribution in [-0.2, 0) is 22.4 Å². The summed E-state index contributed by atoms with van der Waals surface area (Å²) in [4.78, 5) is 41.0. The van der Waals surface area contributed by atoms with Crippen LogP contribution in [-0.4, -0.2) is 43.3 Å². The molecule has 2 N–H and O–H groups in total. The van der Waals surface area contributed by atoms with Crippen molar-refractivity contribution in [2.24, 2.45) is 0 Å². The standard InChI is InChI=1S/C20H23N5O4S2/c1-4-29-18(28)15-12-7-5-6-8-13(12)31-17(15)22-16(27)11(3)30-20-24-23-19-21-14(26)9-10(2)25(19)20/h9,11H,4-8H2,1-3H3,(H,22,27)(H,21,23,26)/t11-/m0/s1. The number of amides is 1. The number of aryl methyl sites for hydroxylation is 2. The molecular formula is C20H23N5O4S2. The van der Waals surface area contributed by atoms with Gasteiger partial charge in [0.05, 0.1) is 17.4 Å². The zero-order valence-electron chi connectivity index (χ0n) is 17.5. The van der Waals surface area contributed by atoms with Gasteiger partial charge in [-0.1, -0.05) is 11.8 Å². The van der Waals surface area contributed by atoms with Crippen LogP contribution in [0.4, 0.5) is 5.00 Å². The number of anilines is 1. The first kappa shape index (κ1) is 21.6. The monoisotopic (exact) mass is 461 g/mol. The number of ether oxygens (including phenoxy) is 1. The van der Waals surface area contributed by atoms with Crippen LogP contribution in [0.1, 0.15) is 53.2 Å². The van der Waals surface area contributed by atoms with Crippen molar-refractivity contribution in [3.63, 3.8) is 0 Å². The van der Waals surface area contributed by atoms with E-state index in [4.69, 9.17) is 4.74 Å². The van der Waals surface area contributed by atoms with E-state index in [-0.39, 0.29) is 24.0 Å². The number of H-pyrrole nitrogens is 1. The molecule has 1 atom stereocenters. The first-order valence-electron chi connectivity index (χ1n) is 10.1. The molecule has 9 nitrogen and oxygen atoms in total. The van der Waals surface area contributed by atoms with Crippen LogP contribution < -0.4 is 10.9 Å². The van der Waals surface area contributed by atoms with E-state index in [9.17, 15) is 14.4 Å². The Labute approximate surface area is 186 Å². The van der Waals surface area contributed by atoms with E-state index in [1.807, 2.05) is 0 Å². The molecule has 0 saturated heterocycles. The molecule has 3 aromatic rings. The van der Waals surface area contributed by atoms with Gasteiger partial charge in [-0.15, -0.1) is 21.5 Å². The van der Waals surface area contributed by atoms with Crippen molar-refractivity contribution in [1.29, 1.82) is 0 Å². The molecule has 0 bridgehead atoms. The minimum Gasteiger partial charge on any atom is -0.462 e. The summed E-state index contributed by atoms with van der Waals surface area (Å²) in [6.07, 6.45) is 3.84. The van der Waals surface area contributed by atoms with Crippen molar-refractivity contribution in [1.82, 2.24) is 19.6 Å². The Morgan fingerprint density at radius 1 is 1.35 bits per heavy atom. The molecule has 164 valence electrons. The van der Waals surface area contributed by atoms with Crippen LogP contribution in [0.2, 0.25) is 0 Å². The number of hydrogen-bond donors (Lipinski definition) is 2. The third-order valence-electron chi connectivity index (χ3n) is 5.10. The Morgan fingerprint density at radius 3 is 2.90 bits per heavy atom. The molecule has 3 aromatic heterocycles. The zero-order chi connectivity index (χ0) is 22.1. The minimum atomic E-state index is -0.507. The maximum atomic E-state index is 13.0. The third kappa shape index (κ3) is 4.24. The van der Waals surface area contributed by atoms with Crippen molar-refractivity contribution in [3.8, 4) is 0 Å². The van der Waals surface area contributed by atoms with Crippen LogP contribution in [0.3, 0.4) is 0 Å². The smallest absolute Gasteiger partial charge is 0.341 e. The lowest BCUT2D eigenvalue weighted by atomic mass is 9.95. The molecule has 0 fully saturated rings. The molecule has 0 unspecified atom stereocenters. The van der Waals surface area contributed by atoms with Gasteiger partial charge in [-0.25, -0.2) is 4.79 Å². The Hall–Kier alpha value is -2.66. The molecule has 0 spiro atoms. The fourth-order valence-corrected chi connectivity index (χ4v) is 5.83. The van der Waals surface area contributed by atoms with Gasteiger partial charge in [0, 0.05) is 16.6 Å². The van der Waals surface area contributed by atoms with Gasteiger partial charge in [-0.2, -0.15) is 0 Å². The molecule has 0 saturated carbocycles. The largest absolute Gasteiger partial charge is 0.462 e. The van der Waals surface area contributed by atoms with Gasteiger partial charge in [0.2, 0.25) is 11.7 Å². The van der Waals surface area contributed by atoms with Gasteiger partial charge >= 0.3 is 5.97 Å². The number of carbonyl (C=O) groups excluding carboxylic acids is 2. The number of thiophene rings is 1. The van der Waals surface area contributed by atoms with E-state index in [2.05, 4.69) is 20.5 Å². The number of rotatable bonds is 6. The highest BCUT2D eigenvalue weighted by Crippen LogP contribution is 2.39. The summed E-state index contributed by atoms with van der Waals surface area (Å²) >= 11 is 2.69. The van der Waals surface area contributed by atoms with Gasteiger partial charge in [-0.3, -0.25) is 19.0 Å². The Balaban J connectivity index is 1.57. The first-order valence-corrected chi connectivity index (χ1v) is 11.8. The number of aromatic amines is 1. The maximum Gasteiger partial charge on any atom is 0.341 e. The third-order valence-corrected chi connectivity index (χ3v) is 7.35. The van der Waals surface area contributed by atoms with Crippen molar-refractivity contribution in [3.05, 3.63) is 38.1 Å². The number of nitrogens with zero attached hydrogens (tertiary/aromatic N) is 3.